The molecule has 2 saturated heterocycles. The van der Waals surface area contributed by atoms with Gasteiger partial charge in [0.25, 0.3) is 0 Å². The summed E-state index contributed by atoms with van der Waals surface area (Å²) in [5, 5.41) is 35.7. The van der Waals surface area contributed by atoms with Crippen molar-refractivity contribution >= 4 is 34.7 Å². The van der Waals surface area contributed by atoms with Gasteiger partial charge in [0.05, 0.1) is 39.6 Å². The maximum absolute atomic E-state index is 14.3. The lowest BCUT2D eigenvalue weighted by atomic mass is 9.85. The average molecular weight is 771 g/mol. The van der Waals surface area contributed by atoms with Gasteiger partial charge in [-0.25, -0.2) is 9.37 Å². The van der Waals surface area contributed by atoms with Crippen molar-refractivity contribution < 1.29 is 24.2 Å². The molecule has 0 spiro atoms. The second-order valence-electron chi connectivity index (χ2n) is 15.8. The van der Waals surface area contributed by atoms with Crippen LogP contribution in [0.15, 0.2) is 66.3 Å². The van der Waals surface area contributed by atoms with Gasteiger partial charge in [-0.05, 0) is 73.4 Å². The highest BCUT2D eigenvalue weighted by molar-refractivity contribution is 7.13. The number of aromatic hydroxyl groups is 1. The van der Waals surface area contributed by atoms with E-state index in [4.69, 9.17) is 5.73 Å². The Kier molecular flexibility index (Phi) is 11.8. The minimum absolute atomic E-state index is 0.0709. The van der Waals surface area contributed by atoms with E-state index < -0.39 is 29.4 Å². The Labute approximate surface area is 325 Å². The van der Waals surface area contributed by atoms with Crippen molar-refractivity contribution in [3.05, 3.63) is 83.4 Å². The van der Waals surface area contributed by atoms with E-state index in [0.717, 1.165) is 21.7 Å². The second kappa shape index (κ2) is 16.3. The zero-order chi connectivity index (χ0) is 39.6. The molecule has 12 nitrogen and oxygen atoms in total. The number of carbonyl (C=O) groups is 2. The van der Waals surface area contributed by atoms with Gasteiger partial charge in [-0.1, -0.05) is 51.6 Å². The fourth-order valence-corrected chi connectivity index (χ4v) is 8.32. The van der Waals surface area contributed by atoms with Crippen molar-refractivity contribution in [3.63, 3.8) is 0 Å². The molecule has 2 aliphatic heterocycles. The van der Waals surface area contributed by atoms with Gasteiger partial charge in [0, 0.05) is 49.8 Å². The molecule has 0 saturated carbocycles. The number of rotatable bonds is 11. The van der Waals surface area contributed by atoms with E-state index >= 15 is 0 Å². The third kappa shape index (κ3) is 9.08. The summed E-state index contributed by atoms with van der Waals surface area (Å²) in [6, 6.07) is 12.3. The Morgan fingerprint density at radius 3 is 2.45 bits per heavy atom. The van der Waals surface area contributed by atoms with Gasteiger partial charge in [-0.15, -0.1) is 21.5 Å². The molecule has 2 amide bonds. The van der Waals surface area contributed by atoms with Crippen molar-refractivity contribution in [2.75, 3.05) is 30.3 Å². The number of nitrogens with one attached hydrogen (secondary N) is 2. The number of carbonyl (C=O) groups excluding carboxylic acids is 2. The molecule has 4 atom stereocenters. The number of aliphatic hydroxyl groups is 1. The lowest BCUT2D eigenvalue weighted by molar-refractivity contribution is -0.140. The number of thiazole rings is 1. The maximum Gasteiger partial charge on any atom is 0.246 e. The van der Waals surface area contributed by atoms with Crippen LogP contribution in [0.2, 0.25) is 0 Å². The van der Waals surface area contributed by atoms with Gasteiger partial charge in [0.15, 0.2) is 5.82 Å². The van der Waals surface area contributed by atoms with Gasteiger partial charge in [-0.3, -0.25) is 9.59 Å². The zero-order valence-corrected chi connectivity index (χ0v) is 32.9. The van der Waals surface area contributed by atoms with Crippen LogP contribution in [0.5, 0.6) is 5.75 Å². The molecule has 2 fully saturated rings. The summed E-state index contributed by atoms with van der Waals surface area (Å²) in [5.74, 6) is -0.791. The molecule has 0 radical (unpaired) electrons. The maximum atomic E-state index is 14.3. The first-order valence-electron chi connectivity index (χ1n) is 18.7. The number of aryl methyl sites for hydroxylation is 1. The summed E-state index contributed by atoms with van der Waals surface area (Å²) >= 11 is 1.61. The molecule has 4 heterocycles. The molecule has 6 rings (SSSR count). The monoisotopic (exact) mass is 770 g/mol. The summed E-state index contributed by atoms with van der Waals surface area (Å²) in [5.41, 5.74) is 12.4. The summed E-state index contributed by atoms with van der Waals surface area (Å²) < 4.78 is 13.9. The number of aliphatic hydroxyl groups excluding tert-OH is 1. The number of hydrogen-bond donors (Lipinski definition) is 5. The van der Waals surface area contributed by atoms with Crippen LogP contribution in [-0.2, 0) is 9.59 Å². The molecule has 4 aromatic rings. The molecule has 0 bridgehead atoms. The first-order chi connectivity index (χ1) is 26.1. The van der Waals surface area contributed by atoms with Crippen molar-refractivity contribution in [2.45, 2.75) is 84.5 Å². The first kappa shape index (κ1) is 39.6. The number of amides is 2. The van der Waals surface area contributed by atoms with Crippen molar-refractivity contribution in [1.82, 2.24) is 30.7 Å². The number of nitrogens with zero attached hydrogens (tertiary/aromatic N) is 5. The molecular weight excluding hydrogens is 720 g/mol. The third-order valence-electron chi connectivity index (χ3n) is 10.7. The van der Waals surface area contributed by atoms with E-state index in [9.17, 15) is 24.2 Å². The highest BCUT2D eigenvalue weighted by Gasteiger charge is 2.43. The Morgan fingerprint density at radius 2 is 1.80 bits per heavy atom. The number of anilines is 2. The molecule has 2 aliphatic rings. The highest BCUT2D eigenvalue weighted by Crippen LogP contribution is 2.35. The fraction of sp³-hybridized carbons (Fsp3) is 0.439. The van der Waals surface area contributed by atoms with Crippen molar-refractivity contribution in [3.8, 4) is 27.4 Å². The van der Waals surface area contributed by atoms with Crippen LogP contribution in [-0.4, -0.2) is 79.9 Å². The van der Waals surface area contributed by atoms with E-state index in [0.29, 0.717) is 49.4 Å². The molecular formula is C41H51FN8O4S. The second-order valence-corrected chi connectivity index (χ2v) is 16.7. The van der Waals surface area contributed by atoms with E-state index in [2.05, 4.69) is 61.6 Å². The van der Waals surface area contributed by atoms with Crippen molar-refractivity contribution in [1.29, 1.82) is 0 Å². The number of aromatic nitrogens is 3. The van der Waals surface area contributed by atoms with Gasteiger partial charge in [0.2, 0.25) is 11.8 Å². The molecule has 2 aromatic carbocycles. The molecule has 0 aliphatic carbocycles. The van der Waals surface area contributed by atoms with Crippen LogP contribution in [0, 0.1) is 24.1 Å². The number of likely N-dealkylation sites (tertiary alicyclic amines) is 1. The average Bonchev–Trinajstić information content (AvgIpc) is 3.76. The van der Waals surface area contributed by atoms with E-state index in [-0.39, 0.29) is 53.9 Å². The molecule has 55 heavy (non-hydrogen) atoms. The fourth-order valence-electron chi connectivity index (χ4n) is 7.51. The van der Waals surface area contributed by atoms with Crippen LogP contribution >= 0.6 is 11.3 Å². The number of nitrogens with two attached hydrogens (primary N) is 1. The summed E-state index contributed by atoms with van der Waals surface area (Å²) in [6.07, 6.45) is 1.27. The number of hydrogen-bond acceptors (Lipinski definition) is 11. The standard InChI is InChI=1S/C41H51FN8O4S/c1-23(27-7-9-28(10-8-27)37-25(3)44-22-55-37)45-24(2)33-19-30(51)21-50(33)40(54)38(41(4,5)6)46-36(53)17-26-13-15-49(16-14-26)34-20-32(47-48-39(34)43)31-18-29(42)11-12-35(31)52/h7-12,18,20,22-23,26,30,33,38,45,51-52H,2,13-17,19,21H2,1,3-6H3,(H2,43,48)(H,46,53)/t23-,30+,33-,38+/m0/s1. The predicted octanol–water partition coefficient (Wildman–Crippen LogP) is 5.97. The Bertz CT molecular complexity index is 2030. The topological polar surface area (TPSA) is 170 Å². The number of nitrogen functional groups attached to an aromatic ring is 1. The smallest absolute Gasteiger partial charge is 0.246 e. The number of phenolic OH excluding ortho intramolecular Hbond substituents is 1. The minimum atomic E-state index is -0.818. The molecule has 6 N–H and O–H groups in total. The highest BCUT2D eigenvalue weighted by atomic mass is 32.1. The number of benzene rings is 2. The van der Waals surface area contributed by atoms with Crippen LogP contribution in [0.4, 0.5) is 15.9 Å². The number of phenols is 1. The Morgan fingerprint density at radius 1 is 1.09 bits per heavy atom. The SMILES string of the molecule is C=C(N[C@@H](C)c1ccc(-c2scnc2C)cc1)[C@@H]1C[C@@H](O)CN1C(=O)[C@@H](NC(=O)CC1CCN(c2cc(-c3cc(F)ccc3O)nnc2N)CC1)C(C)(C)C. The number of piperidine rings is 1. The van der Waals surface area contributed by atoms with E-state index in [1.165, 1.54) is 18.2 Å². The quantitative estimate of drug-likeness (QED) is 0.123. The van der Waals surface area contributed by atoms with Gasteiger partial charge in [-0.2, -0.15) is 0 Å². The molecule has 0 unspecified atom stereocenters. The summed E-state index contributed by atoms with van der Waals surface area (Å²) in [6.45, 7) is 15.5. The lowest BCUT2D eigenvalue weighted by Crippen LogP contribution is -2.56. The molecule has 2 aromatic heterocycles. The lowest BCUT2D eigenvalue weighted by Gasteiger charge is -2.37. The van der Waals surface area contributed by atoms with Crippen LogP contribution in [0.25, 0.3) is 21.7 Å². The van der Waals surface area contributed by atoms with Crippen LogP contribution in [0.1, 0.15) is 70.7 Å². The Balaban J connectivity index is 1.06. The Hall–Kier alpha value is -5.08. The largest absolute Gasteiger partial charge is 0.507 e. The van der Waals surface area contributed by atoms with Crippen LogP contribution in [0.3, 0.4) is 0 Å². The van der Waals surface area contributed by atoms with E-state index in [1.54, 1.807) is 22.3 Å². The van der Waals surface area contributed by atoms with Gasteiger partial charge >= 0.3 is 0 Å². The number of halogens is 1. The minimum Gasteiger partial charge on any atom is -0.507 e. The first-order valence-corrected chi connectivity index (χ1v) is 19.6. The van der Waals surface area contributed by atoms with Gasteiger partial charge < -0.3 is 36.4 Å². The van der Waals surface area contributed by atoms with Crippen molar-refractivity contribution in [2.24, 2.45) is 11.3 Å². The third-order valence-corrected chi connectivity index (χ3v) is 11.6. The summed E-state index contributed by atoms with van der Waals surface area (Å²) in [4.78, 5) is 37.1. The van der Waals surface area contributed by atoms with E-state index in [1.807, 2.05) is 40.1 Å². The molecule has 292 valence electrons. The van der Waals surface area contributed by atoms with Crippen LogP contribution < -0.4 is 21.3 Å². The molecule has 14 heteroatoms. The predicted molar refractivity (Wildman–Crippen MR) is 214 cm³/mol. The summed E-state index contributed by atoms with van der Waals surface area (Å²) in [7, 11) is 0. The zero-order valence-electron chi connectivity index (χ0n) is 32.1. The number of β-amino-alcohol motifs (C(OH)–C–C–N with tert-alkyl or cyclic N) is 1. The normalized spacial score (nSPS) is 18.9. The van der Waals surface area contributed by atoms with Gasteiger partial charge in [0.1, 0.15) is 17.6 Å².